The molecule has 1 aliphatic heterocycles. The van der Waals surface area contributed by atoms with E-state index in [1.54, 1.807) is 6.07 Å². The average Bonchev–Trinajstić information content (AvgIpc) is 2.65. The SMILES string of the molecule is C[C@@H]1CCN(CCC(=O)NCCCCCC(=O)O)C(c2cccc(O)c2)[C@@H]1C. The van der Waals surface area contributed by atoms with Crippen molar-refractivity contribution < 1.29 is 19.8 Å². The second-order valence-electron chi connectivity index (χ2n) is 8.01. The van der Waals surface area contributed by atoms with Gasteiger partial charge in [-0.1, -0.05) is 32.4 Å². The molecular formula is C22H34N2O4. The van der Waals surface area contributed by atoms with Crippen molar-refractivity contribution in [1.29, 1.82) is 0 Å². The molecule has 156 valence electrons. The minimum absolute atomic E-state index is 0.0409. The summed E-state index contributed by atoms with van der Waals surface area (Å²) >= 11 is 0. The van der Waals surface area contributed by atoms with Crippen molar-refractivity contribution in [2.45, 2.75) is 58.4 Å². The van der Waals surface area contributed by atoms with E-state index in [9.17, 15) is 14.7 Å². The Kier molecular flexibility index (Phi) is 8.77. The quantitative estimate of drug-likeness (QED) is 0.532. The summed E-state index contributed by atoms with van der Waals surface area (Å²) in [5.41, 5.74) is 1.11. The number of unbranched alkanes of at least 4 members (excludes halogenated alkanes) is 2. The maximum absolute atomic E-state index is 12.2. The van der Waals surface area contributed by atoms with E-state index in [1.165, 1.54) is 0 Å². The van der Waals surface area contributed by atoms with E-state index in [1.807, 2.05) is 12.1 Å². The Morgan fingerprint density at radius 1 is 1.18 bits per heavy atom. The zero-order valence-corrected chi connectivity index (χ0v) is 17.1. The molecule has 3 N–H and O–H groups in total. The molecule has 0 saturated carbocycles. The number of piperidine rings is 1. The summed E-state index contributed by atoms with van der Waals surface area (Å²) in [5, 5.41) is 21.4. The van der Waals surface area contributed by atoms with Gasteiger partial charge >= 0.3 is 5.97 Å². The van der Waals surface area contributed by atoms with Crippen LogP contribution in [0.4, 0.5) is 0 Å². The highest BCUT2D eigenvalue weighted by Gasteiger charge is 2.34. The lowest BCUT2D eigenvalue weighted by molar-refractivity contribution is -0.137. The van der Waals surface area contributed by atoms with E-state index >= 15 is 0 Å². The van der Waals surface area contributed by atoms with Gasteiger partial charge in [0.2, 0.25) is 5.91 Å². The normalized spacial score (nSPS) is 22.7. The predicted octanol–water partition coefficient (Wildman–Crippen LogP) is 3.56. The summed E-state index contributed by atoms with van der Waals surface area (Å²) in [5.74, 6) is 0.606. The second-order valence-corrected chi connectivity index (χ2v) is 8.01. The number of carbonyl (C=O) groups excluding carboxylic acids is 1. The maximum atomic E-state index is 12.2. The Morgan fingerprint density at radius 2 is 1.96 bits per heavy atom. The monoisotopic (exact) mass is 390 g/mol. The first-order valence-electron chi connectivity index (χ1n) is 10.4. The number of carboxylic acids is 1. The van der Waals surface area contributed by atoms with Crippen molar-refractivity contribution in [2.75, 3.05) is 19.6 Å². The third kappa shape index (κ3) is 6.82. The van der Waals surface area contributed by atoms with Crippen LogP contribution in [0.15, 0.2) is 24.3 Å². The lowest BCUT2D eigenvalue weighted by atomic mass is 9.79. The number of rotatable bonds is 10. The second kappa shape index (κ2) is 11.1. The Morgan fingerprint density at radius 3 is 2.68 bits per heavy atom. The molecule has 0 radical (unpaired) electrons. The maximum Gasteiger partial charge on any atom is 0.303 e. The Bertz CT molecular complexity index is 649. The number of phenols is 1. The van der Waals surface area contributed by atoms with Crippen LogP contribution in [0.3, 0.4) is 0 Å². The van der Waals surface area contributed by atoms with Crippen molar-refractivity contribution in [3.63, 3.8) is 0 Å². The van der Waals surface area contributed by atoms with Gasteiger partial charge in [-0.05, 0) is 55.3 Å². The predicted molar refractivity (Wildman–Crippen MR) is 109 cm³/mol. The van der Waals surface area contributed by atoms with E-state index in [-0.39, 0.29) is 24.1 Å². The number of nitrogens with one attached hydrogen (secondary N) is 1. The third-order valence-corrected chi connectivity index (χ3v) is 5.89. The molecule has 6 heteroatoms. The molecule has 0 aromatic heterocycles. The topological polar surface area (TPSA) is 89.9 Å². The molecule has 1 unspecified atom stereocenters. The van der Waals surface area contributed by atoms with Gasteiger partial charge in [-0.25, -0.2) is 0 Å². The van der Waals surface area contributed by atoms with Crippen molar-refractivity contribution in [2.24, 2.45) is 11.8 Å². The molecule has 28 heavy (non-hydrogen) atoms. The number of phenolic OH excluding ortho intramolecular Hbond substituents is 1. The highest BCUT2D eigenvalue weighted by Crippen LogP contribution is 2.39. The van der Waals surface area contributed by atoms with E-state index in [4.69, 9.17) is 5.11 Å². The molecule has 0 bridgehead atoms. The van der Waals surface area contributed by atoms with Crippen LogP contribution >= 0.6 is 0 Å². The minimum Gasteiger partial charge on any atom is -0.508 e. The van der Waals surface area contributed by atoms with Crippen LogP contribution in [0.25, 0.3) is 0 Å². The first kappa shape index (κ1) is 22.2. The van der Waals surface area contributed by atoms with Crippen LogP contribution in [0, 0.1) is 11.8 Å². The number of likely N-dealkylation sites (tertiary alicyclic amines) is 1. The van der Waals surface area contributed by atoms with Gasteiger partial charge in [-0.3, -0.25) is 14.5 Å². The zero-order valence-electron chi connectivity index (χ0n) is 17.1. The molecule has 1 aromatic rings. The molecule has 0 spiro atoms. The van der Waals surface area contributed by atoms with Gasteiger partial charge in [-0.2, -0.15) is 0 Å². The van der Waals surface area contributed by atoms with Gasteiger partial charge in [0.15, 0.2) is 0 Å². The summed E-state index contributed by atoms with van der Waals surface area (Å²) in [6.07, 6.45) is 4.03. The summed E-state index contributed by atoms with van der Waals surface area (Å²) in [6.45, 7) is 6.77. The smallest absolute Gasteiger partial charge is 0.303 e. The van der Waals surface area contributed by atoms with Crippen LogP contribution in [0.1, 0.15) is 64.0 Å². The average molecular weight is 391 g/mol. The number of amides is 1. The van der Waals surface area contributed by atoms with E-state index in [2.05, 4.69) is 30.1 Å². The fourth-order valence-electron chi connectivity index (χ4n) is 4.03. The van der Waals surface area contributed by atoms with Crippen molar-refractivity contribution in [1.82, 2.24) is 10.2 Å². The molecule has 0 aliphatic carbocycles. The fourth-order valence-corrected chi connectivity index (χ4v) is 4.03. The lowest BCUT2D eigenvalue weighted by Crippen LogP contribution is -2.43. The van der Waals surface area contributed by atoms with E-state index in [0.29, 0.717) is 37.8 Å². The summed E-state index contributed by atoms with van der Waals surface area (Å²) in [7, 11) is 0. The molecule has 1 saturated heterocycles. The van der Waals surface area contributed by atoms with Crippen LogP contribution < -0.4 is 5.32 Å². The molecule has 1 heterocycles. The number of carboxylic acid groups (broad SMARTS) is 1. The lowest BCUT2D eigenvalue weighted by Gasteiger charge is -2.43. The van der Waals surface area contributed by atoms with Crippen LogP contribution in [-0.2, 0) is 9.59 Å². The number of aliphatic carboxylic acids is 1. The van der Waals surface area contributed by atoms with Gasteiger partial charge in [0.1, 0.15) is 5.75 Å². The van der Waals surface area contributed by atoms with Crippen LogP contribution in [0.2, 0.25) is 0 Å². The summed E-state index contributed by atoms with van der Waals surface area (Å²) in [6, 6.07) is 7.67. The number of hydrogen-bond donors (Lipinski definition) is 3. The van der Waals surface area contributed by atoms with Crippen LogP contribution in [0.5, 0.6) is 5.75 Å². The zero-order chi connectivity index (χ0) is 20.5. The highest BCUT2D eigenvalue weighted by atomic mass is 16.4. The number of benzene rings is 1. The Labute approximate surface area is 167 Å². The first-order valence-corrected chi connectivity index (χ1v) is 10.4. The van der Waals surface area contributed by atoms with E-state index in [0.717, 1.165) is 31.4 Å². The molecular weight excluding hydrogens is 356 g/mol. The number of hydrogen-bond acceptors (Lipinski definition) is 4. The summed E-state index contributed by atoms with van der Waals surface area (Å²) in [4.78, 5) is 25.0. The van der Waals surface area contributed by atoms with Gasteiger partial charge in [0.25, 0.3) is 0 Å². The standard InChI is InChI=1S/C22H34N2O4/c1-16-10-13-24(22(17(16)2)18-7-6-8-19(25)15-18)14-11-20(26)23-12-5-3-4-9-21(27)28/h6-8,15-17,22,25H,3-5,9-14H2,1-2H3,(H,23,26)(H,27,28)/t16-,17-,22?/m1/s1. The molecule has 2 rings (SSSR count). The number of carbonyl (C=O) groups is 2. The molecule has 1 aliphatic rings. The van der Waals surface area contributed by atoms with Gasteiger partial charge in [-0.15, -0.1) is 0 Å². The molecule has 3 atom stereocenters. The number of nitrogens with zero attached hydrogens (tertiary/aromatic N) is 1. The van der Waals surface area contributed by atoms with E-state index < -0.39 is 5.97 Å². The fraction of sp³-hybridized carbons (Fsp3) is 0.636. The van der Waals surface area contributed by atoms with Gasteiger partial charge in [0, 0.05) is 32.0 Å². The summed E-state index contributed by atoms with van der Waals surface area (Å²) < 4.78 is 0. The molecule has 1 aromatic carbocycles. The van der Waals surface area contributed by atoms with Crippen molar-refractivity contribution in [3.05, 3.63) is 29.8 Å². The highest BCUT2D eigenvalue weighted by molar-refractivity contribution is 5.76. The Hall–Kier alpha value is -2.08. The van der Waals surface area contributed by atoms with Gasteiger partial charge in [0.05, 0.1) is 0 Å². The Balaban J connectivity index is 1.82. The van der Waals surface area contributed by atoms with Crippen molar-refractivity contribution >= 4 is 11.9 Å². The third-order valence-electron chi connectivity index (χ3n) is 5.89. The molecule has 1 amide bonds. The largest absolute Gasteiger partial charge is 0.508 e. The van der Waals surface area contributed by atoms with Crippen LogP contribution in [-0.4, -0.2) is 46.6 Å². The molecule has 6 nitrogen and oxygen atoms in total. The van der Waals surface area contributed by atoms with Gasteiger partial charge < -0.3 is 15.5 Å². The number of aromatic hydroxyl groups is 1. The minimum atomic E-state index is -0.768. The van der Waals surface area contributed by atoms with Crippen molar-refractivity contribution in [3.8, 4) is 5.75 Å². The first-order chi connectivity index (χ1) is 13.4. The molecule has 1 fully saturated rings.